The molecule has 2 aliphatic heterocycles. The summed E-state index contributed by atoms with van der Waals surface area (Å²) in [5, 5.41) is 9.76. The van der Waals surface area contributed by atoms with Crippen LogP contribution < -0.4 is 10.9 Å². The number of carbonyl (C=O) groups excluding carboxylic acids is 1. The predicted octanol–water partition coefficient (Wildman–Crippen LogP) is 0.515. The zero-order chi connectivity index (χ0) is 14.1. The number of carbonyl (C=O) groups is 1. The highest BCUT2D eigenvalue weighted by atomic mass is 16.2. The van der Waals surface area contributed by atoms with E-state index >= 15 is 0 Å². The summed E-state index contributed by atoms with van der Waals surface area (Å²) in [6.45, 7) is 2.66. The number of rotatable bonds is 3. The lowest BCUT2D eigenvalue weighted by Gasteiger charge is -2.37. The van der Waals surface area contributed by atoms with Gasteiger partial charge >= 0.3 is 0 Å². The van der Waals surface area contributed by atoms with Gasteiger partial charge in [-0.15, -0.1) is 0 Å². The van der Waals surface area contributed by atoms with E-state index in [0.29, 0.717) is 24.3 Å². The van der Waals surface area contributed by atoms with E-state index in [2.05, 4.69) is 15.5 Å². The molecule has 6 nitrogen and oxygen atoms in total. The van der Waals surface area contributed by atoms with Crippen LogP contribution in [0.3, 0.4) is 0 Å². The summed E-state index contributed by atoms with van der Waals surface area (Å²) in [7, 11) is 0. The molecule has 20 heavy (non-hydrogen) atoms. The molecule has 0 aliphatic carbocycles. The maximum Gasteiger partial charge on any atom is 0.274 e. The monoisotopic (exact) mass is 276 g/mol. The number of H-pyrrole nitrogens is 1. The van der Waals surface area contributed by atoms with Gasteiger partial charge in [-0.05, 0) is 38.7 Å². The minimum Gasteiger partial charge on any atom is -0.334 e. The second-order valence-corrected chi connectivity index (χ2v) is 5.66. The topological polar surface area (TPSA) is 78.1 Å². The minimum absolute atomic E-state index is 0.0879. The molecule has 1 aromatic rings. The fourth-order valence-electron chi connectivity index (χ4n) is 3.46. The normalized spacial score (nSPS) is 28.4. The molecule has 2 saturated heterocycles. The molecule has 1 amide bonds. The quantitative estimate of drug-likeness (QED) is 0.843. The first-order valence-corrected chi connectivity index (χ1v) is 7.30. The van der Waals surface area contributed by atoms with Crippen molar-refractivity contribution in [2.24, 2.45) is 0 Å². The first-order chi connectivity index (χ1) is 9.67. The van der Waals surface area contributed by atoms with Crippen molar-refractivity contribution in [2.45, 2.75) is 50.7 Å². The SMILES string of the molecule is CCN(C(=O)c1ccc(=O)[nH]n1)C1CC2CCC(C1)N2. The minimum atomic E-state index is -0.287. The molecule has 0 aromatic carbocycles. The van der Waals surface area contributed by atoms with Crippen LogP contribution in [0.25, 0.3) is 0 Å². The molecule has 0 spiro atoms. The summed E-state index contributed by atoms with van der Waals surface area (Å²) >= 11 is 0. The summed E-state index contributed by atoms with van der Waals surface area (Å²) in [4.78, 5) is 25.5. The fraction of sp³-hybridized carbons (Fsp3) is 0.643. The molecule has 0 radical (unpaired) electrons. The fourth-order valence-corrected chi connectivity index (χ4v) is 3.46. The second kappa shape index (κ2) is 5.36. The summed E-state index contributed by atoms with van der Waals surface area (Å²) < 4.78 is 0. The van der Waals surface area contributed by atoms with Crippen LogP contribution in [0.15, 0.2) is 16.9 Å². The van der Waals surface area contributed by atoms with Crippen molar-refractivity contribution in [1.82, 2.24) is 20.4 Å². The van der Waals surface area contributed by atoms with E-state index < -0.39 is 0 Å². The molecule has 3 heterocycles. The van der Waals surface area contributed by atoms with Gasteiger partial charge in [0.1, 0.15) is 5.69 Å². The Morgan fingerprint density at radius 3 is 2.60 bits per heavy atom. The molecule has 2 fully saturated rings. The van der Waals surface area contributed by atoms with Crippen molar-refractivity contribution in [2.75, 3.05) is 6.54 Å². The molecule has 108 valence electrons. The lowest BCUT2D eigenvalue weighted by Crippen LogP contribution is -2.50. The van der Waals surface area contributed by atoms with E-state index in [4.69, 9.17) is 0 Å². The van der Waals surface area contributed by atoms with Crippen LogP contribution in [-0.2, 0) is 0 Å². The van der Waals surface area contributed by atoms with Crippen molar-refractivity contribution < 1.29 is 4.79 Å². The molecular formula is C14H20N4O2. The number of nitrogens with one attached hydrogen (secondary N) is 2. The van der Waals surface area contributed by atoms with Gasteiger partial charge in [-0.1, -0.05) is 0 Å². The summed E-state index contributed by atoms with van der Waals surface area (Å²) in [6, 6.07) is 4.22. The van der Waals surface area contributed by atoms with E-state index in [-0.39, 0.29) is 17.5 Å². The van der Waals surface area contributed by atoms with Crippen LogP contribution in [0.5, 0.6) is 0 Å². The summed E-state index contributed by atoms with van der Waals surface area (Å²) in [5.74, 6) is -0.0879. The third-order valence-corrected chi connectivity index (χ3v) is 4.39. The Hall–Kier alpha value is -1.69. The third-order valence-electron chi connectivity index (χ3n) is 4.39. The molecule has 3 rings (SSSR count). The maximum atomic E-state index is 12.5. The Bertz CT molecular complexity index is 524. The van der Waals surface area contributed by atoms with Crippen LogP contribution in [0.4, 0.5) is 0 Å². The molecule has 2 aliphatic rings. The largest absolute Gasteiger partial charge is 0.334 e. The Morgan fingerprint density at radius 2 is 2.05 bits per heavy atom. The first-order valence-electron chi connectivity index (χ1n) is 7.30. The lowest BCUT2D eigenvalue weighted by molar-refractivity contribution is 0.0624. The van der Waals surface area contributed by atoms with Gasteiger partial charge in [0, 0.05) is 30.7 Å². The zero-order valence-corrected chi connectivity index (χ0v) is 11.6. The van der Waals surface area contributed by atoms with Gasteiger partial charge < -0.3 is 10.2 Å². The van der Waals surface area contributed by atoms with Gasteiger partial charge in [0.2, 0.25) is 0 Å². The van der Waals surface area contributed by atoms with Crippen molar-refractivity contribution in [3.8, 4) is 0 Å². The predicted molar refractivity (Wildman–Crippen MR) is 74.5 cm³/mol. The molecule has 6 heteroatoms. The van der Waals surface area contributed by atoms with Crippen molar-refractivity contribution in [3.63, 3.8) is 0 Å². The highest BCUT2D eigenvalue weighted by Gasteiger charge is 2.37. The first kappa shape index (κ1) is 13.3. The number of nitrogens with zero attached hydrogens (tertiary/aromatic N) is 2. The van der Waals surface area contributed by atoms with E-state index in [1.54, 1.807) is 0 Å². The smallest absolute Gasteiger partial charge is 0.274 e. The lowest BCUT2D eigenvalue weighted by atomic mass is 9.98. The third kappa shape index (κ3) is 2.47. The molecular weight excluding hydrogens is 256 g/mol. The molecule has 2 N–H and O–H groups in total. The maximum absolute atomic E-state index is 12.5. The van der Waals surface area contributed by atoms with Crippen LogP contribution in [0.1, 0.15) is 43.1 Å². The van der Waals surface area contributed by atoms with Gasteiger partial charge in [-0.2, -0.15) is 5.10 Å². The van der Waals surface area contributed by atoms with Crippen molar-refractivity contribution >= 4 is 5.91 Å². The Labute approximate surface area is 117 Å². The van der Waals surface area contributed by atoms with Crippen LogP contribution in [0.2, 0.25) is 0 Å². The highest BCUT2D eigenvalue weighted by molar-refractivity contribution is 5.92. The number of hydrogen-bond acceptors (Lipinski definition) is 4. The second-order valence-electron chi connectivity index (χ2n) is 5.66. The molecule has 2 unspecified atom stereocenters. The Kier molecular flexibility index (Phi) is 3.56. The molecule has 2 atom stereocenters. The van der Waals surface area contributed by atoms with Crippen molar-refractivity contribution in [1.29, 1.82) is 0 Å². The Morgan fingerprint density at radius 1 is 1.35 bits per heavy atom. The number of hydrogen-bond donors (Lipinski definition) is 2. The van der Waals surface area contributed by atoms with Gasteiger partial charge in [-0.25, -0.2) is 5.10 Å². The van der Waals surface area contributed by atoms with E-state index in [9.17, 15) is 9.59 Å². The standard InChI is InChI=1S/C14H20N4O2/c1-2-18(11-7-9-3-4-10(8-11)15-9)14(20)12-5-6-13(19)17-16-12/h5-6,9-11,15H,2-4,7-8H2,1H3,(H,17,19). The molecule has 1 aromatic heterocycles. The van der Waals surface area contributed by atoms with E-state index in [1.807, 2.05) is 11.8 Å². The summed E-state index contributed by atoms with van der Waals surface area (Å²) in [5.41, 5.74) is 0.0295. The van der Waals surface area contributed by atoms with Crippen LogP contribution in [0, 0.1) is 0 Å². The van der Waals surface area contributed by atoms with Crippen LogP contribution >= 0.6 is 0 Å². The number of aromatic amines is 1. The average molecular weight is 276 g/mol. The molecule has 0 saturated carbocycles. The number of piperidine rings is 1. The molecule has 2 bridgehead atoms. The van der Waals surface area contributed by atoms with E-state index in [0.717, 1.165) is 12.8 Å². The van der Waals surface area contributed by atoms with Gasteiger partial charge in [0.05, 0.1) is 0 Å². The summed E-state index contributed by atoms with van der Waals surface area (Å²) in [6.07, 6.45) is 4.45. The van der Waals surface area contributed by atoms with Crippen molar-refractivity contribution in [3.05, 3.63) is 28.2 Å². The number of aromatic nitrogens is 2. The number of fused-ring (bicyclic) bond motifs is 2. The van der Waals surface area contributed by atoms with Gasteiger partial charge in [0.25, 0.3) is 11.5 Å². The average Bonchev–Trinajstić information content (AvgIpc) is 2.79. The Balaban J connectivity index is 1.77. The number of amides is 1. The zero-order valence-electron chi connectivity index (χ0n) is 11.6. The van der Waals surface area contributed by atoms with Gasteiger partial charge in [0.15, 0.2) is 0 Å². The van der Waals surface area contributed by atoms with Gasteiger partial charge in [-0.3, -0.25) is 9.59 Å². The van der Waals surface area contributed by atoms with E-state index in [1.165, 1.54) is 25.0 Å². The highest BCUT2D eigenvalue weighted by Crippen LogP contribution is 2.30. The van der Waals surface area contributed by atoms with Crippen LogP contribution in [-0.4, -0.2) is 45.7 Å².